The fourth-order valence-corrected chi connectivity index (χ4v) is 3.80. The summed E-state index contributed by atoms with van der Waals surface area (Å²) in [6.45, 7) is 1.98. The zero-order valence-corrected chi connectivity index (χ0v) is 15.0. The quantitative estimate of drug-likeness (QED) is 0.897. The first-order valence-electron chi connectivity index (χ1n) is 9.41. The first-order valence-corrected chi connectivity index (χ1v) is 9.41. The number of nitrogens with zero attached hydrogens (tertiary/aromatic N) is 3. The van der Waals surface area contributed by atoms with Crippen molar-refractivity contribution < 1.29 is 13.6 Å². The minimum atomic E-state index is -0.520. The molecule has 1 aromatic carbocycles. The third-order valence-corrected chi connectivity index (χ3v) is 5.36. The van der Waals surface area contributed by atoms with E-state index in [0.29, 0.717) is 12.8 Å². The monoisotopic (exact) mass is 372 g/mol. The van der Waals surface area contributed by atoms with E-state index in [2.05, 4.69) is 15.2 Å². The second kappa shape index (κ2) is 7.58. The Morgan fingerprint density at radius 3 is 2.89 bits per heavy atom. The smallest absolute Gasteiger partial charge is 0.225 e. The average molecular weight is 372 g/mol. The third kappa shape index (κ3) is 3.91. The van der Waals surface area contributed by atoms with Crippen LogP contribution in [0.3, 0.4) is 0 Å². The molecule has 1 aliphatic heterocycles. The first kappa shape index (κ1) is 17.8. The Hall–Kier alpha value is -2.57. The molecule has 5 nitrogen and oxygen atoms in total. The summed E-state index contributed by atoms with van der Waals surface area (Å²) in [5.41, 5.74) is 2.17. The van der Waals surface area contributed by atoms with E-state index in [1.54, 1.807) is 0 Å². The number of aryl methyl sites for hydroxylation is 1. The minimum absolute atomic E-state index is 0.0177. The van der Waals surface area contributed by atoms with Gasteiger partial charge in [0.25, 0.3) is 0 Å². The molecule has 1 atom stereocenters. The Morgan fingerprint density at radius 1 is 1.26 bits per heavy atom. The Morgan fingerprint density at radius 2 is 2.07 bits per heavy atom. The summed E-state index contributed by atoms with van der Waals surface area (Å²) in [6, 6.07) is 3.25. The van der Waals surface area contributed by atoms with Gasteiger partial charge in [0, 0.05) is 43.0 Å². The maximum absolute atomic E-state index is 13.7. The number of rotatable bonds is 4. The number of anilines is 1. The number of carbonyl (C=O) groups excluding carboxylic acids is 1. The van der Waals surface area contributed by atoms with Gasteiger partial charge in [0.1, 0.15) is 11.6 Å². The van der Waals surface area contributed by atoms with Gasteiger partial charge in [-0.1, -0.05) is 0 Å². The lowest BCUT2D eigenvalue weighted by molar-refractivity contribution is -0.125. The van der Waals surface area contributed by atoms with Crippen LogP contribution in [-0.2, 0) is 24.2 Å². The fraction of sp³-hybridized carbons (Fsp3) is 0.450. The summed E-state index contributed by atoms with van der Waals surface area (Å²) in [7, 11) is 0. The van der Waals surface area contributed by atoms with E-state index >= 15 is 0 Å². The molecule has 27 heavy (non-hydrogen) atoms. The molecule has 1 N–H and O–H groups in total. The zero-order valence-electron chi connectivity index (χ0n) is 15.0. The summed E-state index contributed by atoms with van der Waals surface area (Å²) in [6.07, 6.45) is 6.18. The number of hydrogen-bond acceptors (Lipinski definition) is 4. The highest BCUT2D eigenvalue weighted by molar-refractivity contribution is 5.79. The van der Waals surface area contributed by atoms with Crippen molar-refractivity contribution >= 4 is 11.9 Å². The molecule has 7 heteroatoms. The van der Waals surface area contributed by atoms with E-state index in [-0.39, 0.29) is 23.9 Å². The number of carbonyl (C=O) groups is 1. The molecule has 0 spiro atoms. The number of halogens is 2. The number of aromatic nitrogens is 2. The number of nitrogens with one attached hydrogen (secondary N) is 1. The molecule has 1 fully saturated rings. The van der Waals surface area contributed by atoms with Gasteiger partial charge in [-0.25, -0.2) is 18.7 Å². The molecule has 0 saturated carbocycles. The van der Waals surface area contributed by atoms with Crippen molar-refractivity contribution in [3.05, 3.63) is 52.9 Å². The van der Waals surface area contributed by atoms with E-state index in [9.17, 15) is 13.6 Å². The van der Waals surface area contributed by atoms with Crippen LogP contribution in [0, 0.1) is 17.6 Å². The van der Waals surface area contributed by atoms with E-state index in [4.69, 9.17) is 4.98 Å². The molecular weight excluding hydrogens is 350 g/mol. The van der Waals surface area contributed by atoms with Crippen LogP contribution in [0.4, 0.5) is 14.7 Å². The van der Waals surface area contributed by atoms with E-state index in [1.807, 2.05) is 6.20 Å². The molecule has 2 heterocycles. The highest BCUT2D eigenvalue weighted by atomic mass is 19.1. The molecule has 0 bridgehead atoms. The molecule has 2 aromatic rings. The van der Waals surface area contributed by atoms with Crippen molar-refractivity contribution in [3.63, 3.8) is 0 Å². The Balaban J connectivity index is 1.38. The molecule has 142 valence electrons. The summed E-state index contributed by atoms with van der Waals surface area (Å²) in [5, 5.41) is 2.73. The van der Waals surface area contributed by atoms with Crippen molar-refractivity contribution in [1.29, 1.82) is 0 Å². The Labute approximate surface area is 156 Å². The van der Waals surface area contributed by atoms with Gasteiger partial charge in [-0.3, -0.25) is 4.79 Å². The second-order valence-electron chi connectivity index (χ2n) is 7.23. The van der Waals surface area contributed by atoms with Crippen LogP contribution in [-0.4, -0.2) is 29.0 Å². The molecule has 1 aliphatic carbocycles. The maximum Gasteiger partial charge on any atom is 0.225 e. The van der Waals surface area contributed by atoms with Crippen LogP contribution in [0.1, 0.15) is 36.1 Å². The van der Waals surface area contributed by atoms with Gasteiger partial charge in [-0.2, -0.15) is 0 Å². The third-order valence-electron chi connectivity index (χ3n) is 5.36. The van der Waals surface area contributed by atoms with Gasteiger partial charge in [0.15, 0.2) is 0 Å². The van der Waals surface area contributed by atoms with Gasteiger partial charge in [0.2, 0.25) is 11.9 Å². The second-order valence-corrected chi connectivity index (χ2v) is 7.23. The van der Waals surface area contributed by atoms with Gasteiger partial charge < -0.3 is 10.2 Å². The lowest BCUT2D eigenvalue weighted by atomic mass is 9.86. The summed E-state index contributed by atoms with van der Waals surface area (Å²) in [5.74, 6) is -0.592. The van der Waals surface area contributed by atoms with E-state index < -0.39 is 11.6 Å². The van der Waals surface area contributed by atoms with Crippen molar-refractivity contribution in [3.8, 4) is 0 Å². The summed E-state index contributed by atoms with van der Waals surface area (Å²) >= 11 is 0. The van der Waals surface area contributed by atoms with Crippen LogP contribution in [0.15, 0.2) is 24.4 Å². The predicted octanol–water partition coefficient (Wildman–Crippen LogP) is 2.78. The zero-order chi connectivity index (χ0) is 18.8. The lowest BCUT2D eigenvalue weighted by Gasteiger charge is -2.24. The van der Waals surface area contributed by atoms with Gasteiger partial charge >= 0.3 is 0 Å². The van der Waals surface area contributed by atoms with Crippen LogP contribution >= 0.6 is 0 Å². The maximum atomic E-state index is 13.7. The van der Waals surface area contributed by atoms with Crippen molar-refractivity contribution in [2.75, 3.05) is 18.0 Å². The van der Waals surface area contributed by atoms with Crippen LogP contribution in [0.25, 0.3) is 0 Å². The number of benzene rings is 1. The molecule has 1 amide bonds. The van der Waals surface area contributed by atoms with Crippen LogP contribution < -0.4 is 10.2 Å². The normalized spacial score (nSPS) is 19.0. The average Bonchev–Trinajstić information content (AvgIpc) is 3.22. The largest absolute Gasteiger partial charge is 0.352 e. The topological polar surface area (TPSA) is 58.1 Å². The molecule has 1 unspecified atom stereocenters. The van der Waals surface area contributed by atoms with Crippen molar-refractivity contribution in [2.45, 2.75) is 38.6 Å². The number of fused-ring (bicyclic) bond motifs is 1. The summed E-state index contributed by atoms with van der Waals surface area (Å²) < 4.78 is 26.9. The molecular formula is C20H22F2N4O. The Bertz CT molecular complexity index is 852. The molecule has 2 aliphatic rings. The Kier molecular flexibility index (Phi) is 5.01. The first-order chi connectivity index (χ1) is 13.1. The minimum Gasteiger partial charge on any atom is -0.352 e. The lowest BCUT2D eigenvalue weighted by Crippen LogP contribution is -2.34. The van der Waals surface area contributed by atoms with Gasteiger partial charge in [-0.15, -0.1) is 0 Å². The molecule has 4 rings (SSSR count). The number of hydrogen-bond donors (Lipinski definition) is 1. The molecule has 0 radical (unpaired) electrons. The van der Waals surface area contributed by atoms with Gasteiger partial charge in [-0.05, 0) is 55.9 Å². The highest BCUT2D eigenvalue weighted by Gasteiger charge is 2.27. The van der Waals surface area contributed by atoms with Crippen molar-refractivity contribution in [1.82, 2.24) is 15.3 Å². The predicted molar refractivity (Wildman–Crippen MR) is 97.2 cm³/mol. The van der Waals surface area contributed by atoms with Crippen molar-refractivity contribution in [2.24, 2.45) is 5.92 Å². The van der Waals surface area contributed by atoms with E-state index in [1.165, 1.54) is 12.8 Å². The highest BCUT2D eigenvalue weighted by Crippen LogP contribution is 2.26. The standard InChI is InChI=1S/C20H22F2N4O/c21-16-4-5-17(22)14(10-16)11-23-19(27)13-3-6-18-15(9-13)12-24-20(25-18)26-7-1-2-8-26/h4-5,10,12-13H,1-3,6-9,11H2,(H,23,27). The van der Waals surface area contributed by atoms with Gasteiger partial charge in [0.05, 0.1) is 0 Å². The van der Waals surface area contributed by atoms with Crippen LogP contribution in [0.2, 0.25) is 0 Å². The van der Waals surface area contributed by atoms with Crippen LogP contribution in [0.5, 0.6) is 0 Å². The SMILES string of the molecule is O=C(NCc1cc(F)ccc1F)C1CCc2nc(N3CCCC3)ncc2C1. The summed E-state index contributed by atoms with van der Waals surface area (Å²) in [4.78, 5) is 23.8. The van der Waals surface area contributed by atoms with E-state index in [0.717, 1.165) is 54.9 Å². The molecule has 1 saturated heterocycles. The fourth-order valence-electron chi connectivity index (χ4n) is 3.80. The number of amides is 1. The molecule has 1 aromatic heterocycles.